The van der Waals surface area contributed by atoms with Gasteiger partial charge in [-0.25, -0.2) is 19.1 Å². The van der Waals surface area contributed by atoms with Crippen LogP contribution in [0, 0.1) is 17.1 Å². The van der Waals surface area contributed by atoms with Crippen LogP contribution < -0.4 is 14.5 Å². The fourth-order valence-corrected chi connectivity index (χ4v) is 7.07. The average molecular weight is 631 g/mol. The molecule has 0 radical (unpaired) electrons. The summed E-state index contributed by atoms with van der Waals surface area (Å²) in [5, 5.41) is 9.30. The second-order valence-corrected chi connectivity index (χ2v) is 12.1. The number of anilines is 2. The summed E-state index contributed by atoms with van der Waals surface area (Å²) in [5.74, 6) is -0.792. The molecule has 45 heavy (non-hydrogen) atoms. The highest BCUT2D eigenvalue weighted by Gasteiger charge is 2.58. The third-order valence-corrected chi connectivity index (χ3v) is 9.47. The molecule has 11 heteroatoms. The van der Waals surface area contributed by atoms with E-state index in [2.05, 4.69) is 39.0 Å². The number of likely N-dealkylation sites (N-methyl/N-ethyl adjacent to an activating group) is 1. The summed E-state index contributed by atoms with van der Waals surface area (Å²) in [4.78, 5) is 39.9. The average Bonchev–Trinajstić information content (AvgIpc) is 3.65. The fraction of sp³-hybridized carbons (Fsp3) is 0.412. The number of urea groups is 1. The Bertz CT molecular complexity index is 1640. The Morgan fingerprint density at radius 1 is 1.02 bits per heavy atom. The molecule has 9 nitrogen and oxygen atoms in total. The fourth-order valence-electron chi connectivity index (χ4n) is 6.83. The van der Waals surface area contributed by atoms with E-state index >= 15 is 0 Å². The lowest BCUT2D eigenvalue weighted by Gasteiger charge is -2.41. The molecule has 0 N–H and O–H groups in total. The Morgan fingerprint density at radius 3 is 2.36 bits per heavy atom. The summed E-state index contributed by atoms with van der Waals surface area (Å²) in [6.07, 6.45) is 3.52. The second kappa shape index (κ2) is 12.7. The highest BCUT2D eigenvalue weighted by molar-refractivity contribution is 6.35. The van der Waals surface area contributed by atoms with E-state index in [0.717, 1.165) is 30.6 Å². The molecule has 4 heterocycles. The van der Waals surface area contributed by atoms with Crippen LogP contribution >= 0.6 is 11.6 Å². The maximum atomic E-state index is 14.3. The molecule has 0 aliphatic carbocycles. The minimum absolute atomic E-state index is 0.0533. The van der Waals surface area contributed by atoms with Gasteiger partial charge >= 0.3 is 6.03 Å². The number of ether oxygens (including phenoxy) is 1. The summed E-state index contributed by atoms with van der Waals surface area (Å²) < 4.78 is 19.9. The predicted octanol–water partition coefficient (Wildman–Crippen LogP) is 6.23. The van der Waals surface area contributed by atoms with E-state index < -0.39 is 17.4 Å². The molecule has 3 aliphatic heterocycles. The summed E-state index contributed by atoms with van der Waals surface area (Å²) in [6.45, 7) is 8.66. The van der Waals surface area contributed by atoms with Gasteiger partial charge in [0.15, 0.2) is 5.15 Å². The predicted molar refractivity (Wildman–Crippen MR) is 171 cm³/mol. The molecule has 0 atom stereocenters. The van der Waals surface area contributed by atoms with Crippen LogP contribution in [0.25, 0.3) is 11.3 Å². The van der Waals surface area contributed by atoms with Gasteiger partial charge in [0, 0.05) is 56.6 Å². The zero-order valence-corrected chi connectivity index (χ0v) is 26.3. The number of aromatic nitrogens is 1. The number of rotatable bonds is 8. The van der Waals surface area contributed by atoms with Crippen molar-refractivity contribution in [2.24, 2.45) is 0 Å². The molecule has 0 bridgehead atoms. The lowest BCUT2D eigenvalue weighted by molar-refractivity contribution is -0.127. The number of piperidine rings is 1. The quantitative estimate of drug-likeness (QED) is 0.215. The van der Waals surface area contributed by atoms with Crippen molar-refractivity contribution in [3.05, 3.63) is 70.6 Å². The summed E-state index contributed by atoms with van der Waals surface area (Å²) in [6, 6.07) is 15.8. The third-order valence-electron chi connectivity index (χ3n) is 9.19. The summed E-state index contributed by atoms with van der Waals surface area (Å²) in [7, 11) is 0. The van der Waals surface area contributed by atoms with Gasteiger partial charge in [0.05, 0.1) is 23.6 Å². The van der Waals surface area contributed by atoms with E-state index in [1.54, 1.807) is 24.0 Å². The van der Waals surface area contributed by atoms with E-state index in [-0.39, 0.29) is 34.7 Å². The van der Waals surface area contributed by atoms with Crippen molar-refractivity contribution in [1.82, 2.24) is 14.8 Å². The minimum atomic E-state index is -0.954. The monoisotopic (exact) mass is 630 g/mol. The SMILES string of the molecule is CCOc1cc(F)c(C#N)cc1-c1ccc(N2C(=O)N(CC)C3(CCN(Cc4ccc(N5CCCC5)cc4)CC3)C2=O)c(Cl)n1. The first kappa shape index (κ1) is 30.8. The smallest absolute Gasteiger partial charge is 0.332 e. The van der Waals surface area contributed by atoms with Crippen molar-refractivity contribution >= 4 is 34.9 Å². The van der Waals surface area contributed by atoms with Crippen molar-refractivity contribution in [2.75, 3.05) is 49.1 Å². The molecule has 1 spiro atoms. The summed E-state index contributed by atoms with van der Waals surface area (Å²) in [5.41, 5.74) is 2.27. The number of halogens is 2. The molecule has 0 saturated carbocycles. The molecule has 6 rings (SSSR count). The molecular formula is C34H36ClFN6O3. The minimum Gasteiger partial charge on any atom is -0.493 e. The van der Waals surface area contributed by atoms with Crippen LogP contribution in [0.5, 0.6) is 5.75 Å². The Labute approximate surface area is 267 Å². The Balaban J connectivity index is 1.20. The van der Waals surface area contributed by atoms with Crippen molar-refractivity contribution in [3.63, 3.8) is 0 Å². The molecule has 0 unspecified atom stereocenters. The van der Waals surface area contributed by atoms with Gasteiger partial charge in [0.1, 0.15) is 23.2 Å². The molecule has 3 saturated heterocycles. The highest BCUT2D eigenvalue weighted by Crippen LogP contribution is 2.42. The van der Waals surface area contributed by atoms with Crippen LogP contribution in [0.3, 0.4) is 0 Å². The van der Waals surface area contributed by atoms with Gasteiger partial charge in [0.25, 0.3) is 5.91 Å². The van der Waals surface area contributed by atoms with E-state index in [1.165, 1.54) is 30.2 Å². The lowest BCUT2D eigenvalue weighted by atomic mass is 9.85. The number of benzene rings is 2. The Hall–Kier alpha value is -4.20. The maximum absolute atomic E-state index is 14.3. The maximum Gasteiger partial charge on any atom is 0.332 e. The van der Waals surface area contributed by atoms with Gasteiger partial charge in [-0.05, 0) is 75.4 Å². The van der Waals surface area contributed by atoms with Crippen molar-refractivity contribution in [1.29, 1.82) is 5.26 Å². The van der Waals surface area contributed by atoms with E-state index in [4.69, 9.17) is 16.3 Å². The van der Waals surface area contributed by atoms with Crippen LogP contribution in [0.15, 0.2) is 48.5 Å². The van der Waals surface area contributed by atoms with Gasteiger partial charge in [-0.3, -0.25) is 9.69 Å². The second-order valence-electron chi connectivity index (χ2n) is 11.7. The van der Waals surface area contributed by atoms with Gasteiger partial charge < -0.3 is 14.5 Å². The van der Waals surface area contributed by atoms with Gasteiger partial charge in [-0.1, -0.05) is 23.7 Å². The number of nitriles is 1. The van der Waals surface area contributed by atoms with E-state index in [0.29, 0.717) is 43.7 Å². The van der Waals surface area contributed by atoms with Crippen LogP contribution in [-0.2, 0) is 11.3 Å². The van der Waals surface area contributed by atoms with Gasteiger partial charge in [0.2, 0.25) is 0 Å². The largest absolute Gasteiger partial charge is 0.493 e. The molecule has 3 aliphatic rings. The van der Waals surface area contributed by atoms with Gasteiger partial charge in [-0.2, -0.15) is 5.26 Å². The number of hydrogen-bond donors (Lipinski definition) is 0. The number of carbonyl (C=O) groups excluding carboxylic acids is 2. The molecule has 3 fully saturated rings. The first-order valence-corrected chi connectivity index (χ1v) is 15.9. The number of likely N-dealkylation sites (tertiary alicyclic amines) is 1. The zero-order valence-electron chi connectivity index (χ0n) is 25.6. The van der Waals surface area contributed by atoms with E-state index in [9.17, 15) is 19.2 Å². The van der Waals surface area contributed by atoms with Crippen LogP contribution in [0.4, 0.5) is 20.6 Å². The zero-order chi connectivity index (χ0) is 31.7. The molecule has 234 valence electrons. The Morgan fingerprint density at radius 2 is 1.73 bits per heavy atom. The molecule has 3 amide bonds. The number of hydrogen-bond acceptors (Lipinski definition) is 7. The van der Waals surface area contributed by atoms with Gasteiger partial charge in [-0.15, -0.1) is 0 Å². The first-order valence-electron chi connectivity index (χ1n) is 15.6. The van der Waals surface area contributed by atoms with Crippen molar-refractivity contribution < 1.29 is 18.7 Å². The molecule has 1 aromatic heterocycles. The topological polar surface area (TPSA) is 93.0 Å². The van der Waals surface area contributed by atoms with Crippen LogP contribution in [0.2, 0.25) is 5.15 Å². The van der Waals surface area contributed by atoms with Crippen molar-refractivity contribution in [3.8, 4) is 23.1 Å². The number of carbonyl (C=O) groups is 2. The van der Waals surface area contributed by atoms with Crippen LogP contribution in [-0.4, -0.2) is 71.6 Å². The standard InChI is InChI=1S/C34H36ClFN6O3/c1-3-41-33(44)42(29-12-11-28(38-31(29)35)26-19-24(21-37)27(36)20-30(26)45-4-2)32(43)34(41)13-17-39(18-14-34)22-23-7-9-25(10-8-23)40-15-5-6-16-40/h7-12,19-20H,3-6,13-18,22H2,1-2H3. The third kappa shape index (κ3) is 5.60. The molecule has 2 aromatic carbocycles. The molecular weight excluding hydrogens is 595 g/mol. The number of imide groups is 1. The Kier molecular flexibility index (Phi) is 8.67. The lowest BCUT2D eigenvalue weighted by Crippen LogP contribution is -2.56. The normalized spacial score (nSPS) is 18.2. The summed E-state index contributed by atoms with van der Waals surface area (Å²) >= 11 is 6.64. The number of amides is 3. The van der Waals surface area contributed by atoms with Crippen LogP contribution in [0.1, 0.15) is 50.7 Å². The van der Waals surface area contributed by atoms with Crippen molar-refractivity contribution in [2.45, 2.75) is 51.6 Å². The van der Waals surface area contributed by atoms with E-state index in [1.807, 2.05) is 13.0 Å². The number of pyridine rings is 1. The molecule has 3 aromatic rings. The first-order chi connectivity index (χ1) is 21.8. The number of nitrogens with zero attached hydrogens (tertiary/aromatic N) is 6. The highest BCUT2D eigenvalue weighted by atomic mass is 35.5.